The van der Waals surface area contributed by atoms with Gasteiger partial charge in [-0.15, -0.1) is 0 Å². The first-order valence-electron chi connectivity index (χ1n) is 5.68. The Morgan fingerprint density at radius 3 is 2.67 bits per heavy atom. The maximum Gasteiger partial charge on any atom is 0.254 e. The van der Waals surface area contributed by atoms with E-state index in [0.717, 1.165) is 5.56 Å². The molecule has 0 fully saturated rings. The molecule has 0 aliphatic heterocycles. The number of para-hydroxylation sites is 1. The molecule has 2 aromatic rings. The third-order valence-corrected chi connectivity index (χ3v) is 3.74. The van der Waals surface area contributed by atoms with Crippen LogP contribution in [0.2, 0.25) is 0 Å². The van der Waals surface area contributed by atoms with Gasteiger partial charge in [-0.25, -0.2) is 0 Å². The first-order valence-corrected chi connectivity index (χ1v) is 6.63. The number of amides is 1. The molecule has 0 aliphatic carbocycles. The summed E-state index contributed by atoms with van der Waals surface area (Å²) in [6.45, 7) is 1.90. The lowest BCUT2D eigenvalue weighted by molar-refractivity contribution is 0.0742. The summed E-state index contributed by atoms with van der Waals surface area (Å²) < 4.78 is 0. The van der Waals surface area contributed by atoms with Gasteiger partial charge in [-0.3, -0.25) is 4.79 Å². The lowest BCUT2D eigenvalue weighted by atomic mass is 10.1. The monoisotopic (exact) mass is 261 g/mol. The number of rotatable bonds is 3. The standard InChI is InChI=1S/C14H15NO2S/c1-10(12-5-3-4-6-13(12)16)15(2)14(17)11-7-8-18-9-11/h3-10,16H,1-2H3. The van der Waals surface area contributed by atoms with E-state index in [1.165, 1.54) is 11.3 Å². The van der Waals surface area contributed by atoms with Crippen LogP contribution in [0.1, 0.15) is 28.9 Å². The van der Waals surface area contributed by atoms with E-state index in [4.69, 9.17) is 0 Å². The van der Waals surface area contributed by atoms with E-state index in [0.29, 0.717) is 5.56 Å². The van der Waals surface area contributed by atoms with E-state index in [9.17, 15) is 9.90 Å². The number of aromatic hydroxyl groups is 1. The minimum atomic E-state index is -0.168. The van der Waals surface area contributed by atoms with Crippen LogP contribution in [0.4, 0.5) is 0 Å². The predicted octanol–water partition coefficient (Wildman–Crippen LogP) is 3.29. The lowest BCUT2D eigenvalue weighted by Gasteiger charge is -2.25. The first-order chi connectivity index (χ1) is 8.61. The number of phenolic OH excluding ortho intramolecular Hbond substituents is 1. The fourth-order valence-corrected chi connectivity index (χ4v) is 2.44. The van der Waals surface area contributed by atoms with Gasteiger partial charge >= 0.3 is 0 Å². The maximum atomic E-state index is 12.2. The Hall–Kier alpha value is -1.81. The van der Waals surface area contributed by atoms with E-state index < -0.39 is 0 Å². The van der Waals surface area contributed by atoms with Gasteiger partial charge in [0.2, 0.25) is 0 Å². The second-order valence-corrected chi connectivity index (χ2v) is 4.94. The van der Waals surface area contributed by atoms with Crippen molar-refractivity contribution in [1.29, 1.82) is 0 Å². The summed E-state index contributed by atoms with van der Waals surface area (Å²) in [6, 6.07) is 8.73. The summed E-state index contributed by atoms with van der Waals surface area (Å²) in [4.78, 5) is 13.8. The van der Waals surface area contributed by atoms with Crippen molar-refractivity contribution in [3.05, 3.63) is 52.2 Å². The molecular weight excluding hydrogens is 246 g/mol. The fraction of sp³-hybridized carbons (Fsp3) is 0.214. The lowest BCUT2D eigenvalue weighted by Crippen LogP contribution is -2.29. The van der Waals surface area contributed by atoms with Crippen LogP contribution in [0.5, 0.6) is 5.75 Å². The maximum absolute atomic E-state index is 12.2. The highest BCUT2D eigenvalue weighted by atomic mass is 32.1. The predicted molar refractivity (Wildman–Crippen MR) is 72.9 cm³/mol. The molecule has 0 spiro atoms. The minimum Gasteiger partial charge on any atom is -0.508 e. The van der Waals surface area contributed by atoms with Gasteiger partial charge in [0, 0.05) is 18.0 Å². The van der Waals surface area contributed by atoms with Crippen molar-refractivity contribution in [2.75, 3.05) is 7.05 Å². The van der Waals surface area contributed by atoms with Crippen LogP contribution < -0.4 is 0 Å². The molecule has 1 atom stereocenters. The van der Waals surface area contributed by atoms with E-state index >= 15 is 0 Å². The van der Waals surface area contributed by atoms with Crippen LogP contribution in [0.3, 0.4) is 0 Å². The Bertz CT molecular complexity index is 536. The highest BCUT2D eigenvalue weighted by Crippen LogP contribution is 2.28. The summed E-state index contributed by atoms with van der Waals surface area (Å²) in [5, 5.41) is 13.5. The van der Waals surface area contributed by atoms with Gasteiger partial charge in [0.15, 0.2) is 0 Å². The van der Waals surface area contributed by atoms with Gasteiger partial charge in [0.1, 0.15) is 5.75 Å². The van der Waals surface area contributed by atoms with Gasteiger partial charge in [0.25, 0.3) is 5.91 Å². The van der Waals surface area contributed by atoms with Gasteiger partial charge in [-0.1, -0.05) is 18.2 Å². The molecule has 1 unspecified atom stereocenters. The van der Waals surface area contributed by atoms with Crippen LogP contribution >= 0.6 is 11.3 Å². The van der Waals surface area contributed by atoms with Crippen LogP contribution in [0, 0.1) is 0 Å². The number of thiophene rings is 1. The van der Waals surface area contributed by atoms with Crippen molar-refractivity contribution in [1.82, 2.24) is 4.90 Å². The summed E-state index contributed by atoms with van der Waals surface area (Å²) in [7, 11) is 1.75. The highest BCUT2D eigenvalue weighted by molar-refractivity contribution is 7.08. The SMILES string of the molecule is CC(c1ccccc1O)N(C)C(=O)c1ccsc1. The van der Waals surface area contributed by atoms with Crippen LogP contribution in [-0.4, -0.2) is 23.0 Å². The second-order valence-electron chi connectivity index (χ2n) is 4.16. The van der Waals surface area contributed by atoms with Gasteiger partial charge in [-0.2, -0.15) is 11.3 Å². The number of hydrogen-bond donors (Lipinski definition) is 1. The van der Waals surface area contributed by atoms with E-state index in [1.807, 2.05) is 29.8 Å². The third kappa shape index (κ3) is 2.38. The number of phenols is 1. The Kier molecular flexibility index (Phi) is 3.67. The van der Waals surface area contributed by atoms with E-state index in [-0.39, 0.29) is 17.7 Å². The molecule has 3 nitrogen and oxygen atoms in total. The molecule has 0 saturated carbocycles. The summed E-state index contributed by atoms with van der Waals surface area (Å²) in [5.41, 5.74) is 1.44. The van der Waals surface area contributed by atoms with Crippen LogP contribution in [-0.2, 0) is 0 Å². The summed E-state index contributed by atoms with van der Waals surface area (Å²) in [5.74, 6) is 0.182. The van der Waals surface area contributed by atoms with Crippen molar-refractivity contribution in [2.45, 2.75) is 13.0 Å². The molecule has 1 heterocycles. The zero-order valence-electron chi connectivity index (χ0n) is 10.3. The molecule has 1 aromatic carbocycles. The van der Waals surface area contributed by atoms with Crippen molar-refractivity contribution < 1.29 is 9.90 Å². The fourth-order valence-electron chi connectivity index (χ4n) is 1.82. The molecule has 2 rings (SSSR count). The smallest absolute Gasteiger partial charge is 0.254 e. The van der Waals surface area contributed by atoms with E-state index in [2.05, 4.69) is 0 Å². The number of carbonyl (C=O) groups is 1. The number of nitrogens with zero attached hydrogens (tertiary/aromatic N) is 1. The molecule has 18 heavy (non-hydrogen) atoms. The number of hydrogen-bond acceptors (Lipinski definition) is 3. The molecule has 0 saturated heterocycles. The number of benzene rings is 1. The average Bonchev–Trinajstić information content (AvgIpc) is 2.90. The van der Waals surface area contributed by atoms with Crippen molar-refractivity contribution in [2.24, 2.45) is 0 Å². The topological polar surface area (TPSA) is 40.5 Å². The van der Waals surface area contributed by atoms with Gasteiger partial charge in [-0.05, 0) is 24.4 Å². The normalized spacial score (nSPS) is 12.1. The van der Waals surface area contributed by atoms with Crippen LogP contribution in [0.15, 0.2) is 41.1 Å². The summed E-state index contributed by atoms with van der Waals surface area (Å²) >= 11 is 1.50. The Morgan fingerprint density at radius 1 is 1.33 bits per heavy atom. The summed E-state index contributed by atoms with van der Waals surface area (Å²) in [6.07, 6.45) is 0. The second kappa shape index (κ2) is 5.23. The molecule has 4 heteroatoms. The van der Waals surface area contributed by atoms with Crippen molar-refractivity contribution >= 4 is 17.2 Å². The Morgan fingerprint density at radius 2 is 2.06 bits per heavy atom. The molecule has 0 aliphatic rings. The quantitative estimate of drug-likeness (QED) is 0.921. The van der Waals surface area contributed by atoms with Crippen molar-refractivity contribution in [3.63, 3.8) is 0 Å². The largest absolute Gasteiger partial charge is 0.508 e. The van der Waals surface area contributed by atoms with E-state index in [1.54, 1.807) is 30.1 Å². The van der Waals surface area contributed by atoms with Gasteiger partial charge in [0.05, 0.1) is 11.6 Å². The Balaban J connectivity index is 2.22. The molecular formula is C14H15NO2S. The molecule has 1 amide bonds. The average molecular weight is 261 g/mol. The molecule has 1 N–H and O–H groups in total. The molecule has 94 valence electrons. The van der Waals surface area contributed by atoms with Crippen molar-refractivity contribution in [3.8, 4) is 5.75 Å². The zero-order valence-corrected chi connectivity index (χ0v) is 11.1. The molecule has 1 aromatic heterocycles. The Labute approximate surface area is 110 Å². The van der Waals surface area contributed by atoms with Gasteiger partial charge < -0.3 is 10.0 Å². The molecule has 0 radical (unpaired) electrons. The third-order valence-electron chi connectivity index (χ3n) is 3.06. The highest BCUT2D eigenvalue weighted by Gasteiger charge is 2.20. The zero-order chi connectivity index (χ0) is 13.1. The molecule has 0 bridgehead atoms. The first kappa shape index (κ1) is 12.6. The minimum absolute atomic E-state index is 0.0352. The van der Waals surface area contributed by atoms with Crippen LogP contribution in [0.25, 0.3) is 0 Å². The number of carbonyl (C=O) groups excluding carboxylic acids is 1.